The number of aliphatic hydroxyl groups is 2. The minimum absolute atomic E-state index is 0. The number of benzene rings is 1. The maximum absolute atomic E-state index is 12.5. The first-order chi connectivity index (χ1) is 17.5. The first kappa shape index (κ1) is 36.7. The quantitative estimate of drug-likeness (QED) is 0.0877. The molecular formula is C28H41KN2O7. The average molecular weight is 557 g/mol. The molecule has 1 aromatic rings. The number of carbonyl (C=O) groups is 1. The van der Waals surface area contributed by atoms with E-state index < -0.39 is 24.5 Å². The molecule has 1 amide bonds. The summed E-state index contributed by atoms with van der Waals surface area (Å²) in [5.74, 6) is -0.909. The maximum atomic E-state index is 12.5. The Morgan fingerprint density at radius 3 is 2.42 bits per heavy atom. The van der Waals surface area contributed by atoms with Crippen LogP contribution in [0.25, 0.3) is 0 Å². The van der Waals surface area contributed by atoms with Crippen molar-refractivity contribution in [3.05, 3.63) is 65.8 Å². The van der Waals surface area contributed by atoms with E-state index in [-0.39, 0.29) is 86.8 Å². The Morgan fingerprint density at radius 1 is 1.16 bits per heavy atom. The number of rotatable bonds is 1. The SMILES string of the molecule is CC(N)[O-].COC1/C=C/C=C/C=C/CC(O)C(C)C(O)/C(C)=C\CCc2cc(O)cc(c2O)NC(=O)C1.[K+]. The zero-order valence-corrected chi connectivity index (χ0v) is 26.1. The monoisotopic (exact) mass is 556 g/mol. The minimum Gasteiger partial charge on any atom is -0.841 e. The van der Waals surface area contributed by atoms with Crippen molar-refractivity contribution in [1.29, 1.82) is 0 Å². The summed E-state index contributed by atoms with van der Waals surface area (Å²) >= 11 is 0. The van der Waals surface area contributed by atoms with Gasteiger partial charge in [0.25, 0.3) is 0 Å². The van der Waals surface area contributed by atoms with E-state index in [1.807, 2.05) is 18.2 Å². The molecule has 5 unspecified atom stereocenters. The van der Waals surface area contributed by atoms with Crippen molar-refractivity contribution in [2.75, 3.05) is 12.4 Å². The number of nitrogens with two attached hydrogens (primary N) is 1. The second-order valence-electron chi connectivity index (χ2n) is 9.02. The molecule has 9 nitrogen and oxygen atoms in total. The van der Waals surface area contributed by atoms with Crippen LogP contribution in [0.3, 0.4) is 0 Å². The molecule has 1 aromatic carbocycles. The molecule has 0 saturated carbocycles. The Bertz CT molecular complexity index is 973. The predicted molar refractivity (Wildman–Crippen MR) is 143 cm³/mol. The van der Waals surface area contributed by atoms with Crippen molar-refractivity contribution in [2.24, 2.45) is 11.7 Å². The Kier molecular flexibility index (Phi) is 19.0. The summed E-state index contributed by atoms with van der Waals surface area (Å²) in [7, 11) is 1.50. The maximum Gasteiger partial charge on any atom is 1.00 e. The van der Waals surface area contributed by atoms with Crippen LogP contribution in [0, 0.1) is 5.92 Å². The molecule has 0 fully saturated rings. The molecule has 0 aromatic heterocycles. The van der Waals surface area contributed by atoms with E-state index in [4.69, 9.17) is 4.74 Å². The third kappa shape index (κ3) is 14.2. The second kappa shape index (κ2) is 19.7. The van der Waals surface area contributed by atoms with Gasteiger partial charge < -0.3 is 41.3 Å². The Hall–Kier alpha value is -1.31. The molecule has 206 valence electrons. The third-order valence-corrected chi connectivity index (χ3v) is 5.76. The Balaban J connectivity index is 0.00000255. The molecule has 0 aliphatic carbocycles. The molecule has 0 radical (unpaired) electrons. The molecule has 2 rings (SSSR count). The summed E-state index contributed by atoms with van der Waals surface area (Å²) in [6.45, 7) is 4.99. The van der Waals surface area contributed by atoms with E-state index in [0.29, 0.717) is 24.8 Å². The van der Waals surface area contributed by atoms with Gasteiger partial charge in [0.15, 0.2) is 0 Å². The van der Waals surface area contributed by atoms with Gasteiger partial charge in [-0.2, -0.15) is 0 Å². The van der Waals surface area contributed by atoms with Crippen LogP contribution >= 0.6 is 0 Å². The number of phenolic OH excluding ortho intramolecular Hbond substituents is 2. The number of aryl methyl sites for hydroxylation is 1. The van der Waals surface area contributed by atoms with Gasteiger partial charge in [-0.15, -0.1) is 0 Å². The van der Waals surface area contributed by atoms with Crippen molar-refractivity contribution in [3.63, 3.8) is 0 Å². The molecule has 7 N–H and O–H groups in total. The average Bonchev–Trinajstić information content (AvgIpc) is 2.83. The number of nitrogens with one attached hydrogen (secondary N) is 1. The first-order valence-corrected chi connectivity index (χ1v) is 12.3. The van der Waals surface area contributed by atoms with Gasteiger partial charge in [-0.25, -0.2) is 0 Å². The van der Waals surface area contributed by atoms with Gasteiger partial charge in [-0.3, -0.25) is 4.79 Å². The smallest absolute Gasteiger partial charge is 0.841 e. The van der Waals surface area contributed by atoms with Crippen molar-refractivity contribution in [2.45, 2.75) is 71.0 Å². The first-order valence-electron chi connectivity index (χ1n) is 12.3. The van der Waals surface area contributed by atoms with Crippen LogP contribution in [-0.2, 0) is 16.0 Å². The molecule has 0 saturated heterocycles. The number of anilines is 1. The number of amides is 1. The molecule has 2 bridgehead atoms. The Labute approximate surface area is 268 Å². The number of allylic oxidation sites excluding steroid dienone is 5. The van der Waals surface area contributed by atoms with Gasteiger partial charge in [-0.05, 0) is 43.4 Å². The van der Waals surface area contributed by atoms with Crippen molar-refractivity contribution in [3.8, 4) is 11.5 Å². The molecule has 38 heavy (non-hydrogen) atoms. The molecule has 1 heterocycles. The van der Waals surface area contributed by atoms with Gasteiger partial charge in [0, 0.05) is 19.1 Å². The predicted octanol–water partition coefficient (Wildman–Crippen LogP) is -0.594. The molecule has 5 atom stereocenters. The number of hydrogen-bond donors (Lipinski definition) is 6. The molecule has 10 heteroatoms. The van der Waals surface area contributed by atoms with E-state index in [1.54, 1.807) is 38.2 Å². The number of aromatic hydroxyl groups is 2. The number of aliphatic hydroxyl groups excluding tert-OH is 2. The zero-order chi connectivity index (χ0) is 28.0. The molecule has 1 aliphatic heterocycles. The van der Waals surface area contributed by atoms with Gasteiger partial charge >= 0.3 is 51.4 Å². The number of carbonyl (C=O) groups excluding carboxylic acids is 1. The number of fused-ring (bicyclic) bond motifs is 2. The minimum atomic E-state index is -0.917. The largest absolute Gasteiger partial charge is 1.00 e. The van der Waals surface area contributed by atoms with Gasteiger partial charge in [0.2, 0.25) is 5.91 Å². The fraction of sp³-hybridized carbons (Fsp3) is 0.464. The normalized spacial score (nSPS) is 27.9. The summed E-state index contributed by atoms with van der Waals surface area (Å²) in [6.07, 6.45) is 11.0. The standard InChI is InChI=1S/C26H35NO6.C2H6NO.K/c1-17-10-9-11-19-14-20(28)15-22(26(19)32)27-24(30)16-21(33-3)12-7-5-4-6-8-13-23(29)18(2)25(17)31;1-2(3)4;/h4-8,10,12,14-15,18,21,23,25,28-29,31-32H,9,11,13,16H2,1-3H3,(H,27,30);2H,3H2,1H3;/q;-1;+1/b5-4+,8-6+,12-7+,17-10-;;. The zero-order valence-electron chi connectivity index (χ0n) is 23.0. The second-order valence-corrected chi connectivity index (χ2v) is 9.02. The van der Waals surface area contributed by atoms with Crippen LogP contribution in [-0.4, -0.2) is 58.0 Å². The third-order valence-electron chi connectivity index (χ3n) is 5.76. The van der Waals surface area contributed by atoms with Crippen LogP contribution in [0.4, 0.5) is 5.69 Å². The summed E-state index contributed by atoms with van der Waals surface area (Å²) in [5, 5.41) is 53.6. The number of methoxy groups -OCH3 is 1. The summed E-state index contributed by atoms with van der Waals surface area (Å²) < 4.78 is 5.33. The van der Waals surface area contributed by atoms with E-state index in [0.717, 1.165) is 5.57 Å². The number of phenols is 2. The topological polar surface area (TPSA) is 168 Å². The van der Waals surface area contributed by atoms with E-state index in [9.17, 15) is 30.3 Å². The van der Waals surface area contributed by atoms with Crippen LogP contribution in [0.1, 0.15) is 45.6 Å². The van der Waals surface area contributed by atoms with Crippen molar-refractivity contribution in [1.82, 2.24) is 0 Å². The van der Waals surface area contributed by atoms with Gasteiger partial charge in [-0.1, -0.05) is 62.6 Å². The molecular weight excluding hydrogens is 515 g/mol. The van der Waals surface area contributed by atoms with Gasteiger partial charge in [0.05, 0.1) is 30.4 Å². The fourth-order valence-electron chi connectivity index (χ4n) is 3.61. The van der Waals surface area contributed by atoms with Crippen LogP contribution in [0.2, 0.25) is 0 Å². The summed E-state index contributed by atoms with van der Waals surface area (Å²) in [6, 6.07) is 2.75. The van der Waals surface area contributed by atoms with Crippen LogP contribution in [0.5, 0.6) is 11.5 Å². The molecule has 0 spiro atoms. The van der Waals surface area contributed by atoms with E-state index in [2.05, 4.69) is 11.1 Å². The summed E-state index contributed by atoms with van der Waals surface area (Å²) in [5.41, 5.74) is 5.88. The van der Waals surface area contributed by atoms with Crippen molar-refractivity contribution >= 4 is 11.6 Å². The van der Waals surface area contributed by atoms with Crippen LogP contribution in [0.15, 0.2) is 60.2 Å². The Morgan fingerprint density at radius 2 is 1.79 bits per heavy atom. The summed E-state index contributed by atoms with van der Waals surface area (Å²) in [4.78, 5) is 12.5. The fourth-order valence-corrected chi connectivity index (χ4v) is 3.61. The van der Waals surface area contributed by atoms with Gasteiger partial charge in [0.1, 0.15) is 11.5 Å². The molecule has 1 aliphatic rings. The number of hydrogen-bond acceptors (Lipinski definition) is 8. The van der Waals surface area contributed by atoms with E-state index >= 15 is 0 Å². The van der Waals surface area contributed by atoms with Crippen molar-refractivity contribution < 1.29 is 86.4 Å². The number of ether oxygens (including phenoxy) is 1. The van der Waals surface area contributed by atoms with E-state index in [1.165, 1.54) is 26.2 Å². The van der Waals surface area contributed by atoms with Crippen LogP contribution < -0.4 is 67.5 Å².